The zero-order valence-corrected chi connectivity index (χ0v) is 9.40. The van der Waals surface area contributed by atoms with Crippen LogP contribution in [0.15, 0.2) is 0 Å². The highest BCUT2D eigenvalue weighted by Crippen LogP contribution is 2.35. The van der Waals surface area contributed by atoms with Crippen molar-refractivity contribution in [3.63, 3.8) is 0 Å². The van der Waals surface area contributed by atoms with E-state index in [0.717, 1.165) is 0 Å². The van der Waals surface area contributed by atoms with Crippen LogP contribution >= 0.6 is 0 Å². The van der Waals surface area contributed by atoms with E-state index in [1.165, 1.54) is 0 Å². The molecule has 1 N–H and O–H groups in total. The summed E-state index contributed by atoms with van der Waals surface area (Å²) < 4.78 is 65.6. The van der Waals surface area contributed by atoms with Crippen LogP contribution in [0.5, 0.6) is 0 Å². The Hall–Kier alpha value is -0.960. The van der Waals surface area contributed by atoms with Crippen LogP contribution in [0, 0.1) is 0 Å². The molecule has 4 nitrogen and oxygen atoms in total. The van der Waals surface area contributed by atoms with Gasteiger partial charge in [0.25, 0.3) is 5.91 Å². The Morgan fingerprint density at radius 3 is 2.22 bits per heavy atom. The van der Waals surface area contributed by atoms with Crippen LogP contribution in [0.3, 0.4) is 0 Å². The summed E-state index contributed by atoms with van der Waals surface area (Å²) in [6.07, 6.45) is -5.87. The highest BCUT2D eigenvalue weighted by atomic mass is 19.4. The zero-order valence-electron chi connectivity index (χ0n) is 9.40. The molecule has 1 rings (SSSR count). The van der Waals surface area contributed by atoms with Gasteiger partial charge >= 0.3 is 12.1 Å². The van der Waals surface area contributed by atoms with Crippen molar-refractivity contribution < 1.29 is 31.5 Å². The first-order valence-electron chi connectivity index (χ1n) is 5.28. The molecule has 0 atom stereocenters. The number of amides is 1. The molecule has 0 bridgehead atoms. The molecule has 0 aromatic carbocycles. The lowest BCUT2D eigenvalue weighted by Crippen LogP contribution is -2.52. The number of nitrogens with zero attached hydrogens (tertiary/aromatic N) is 1. The van der Waals surface area contributed by atoms with Crippen molar-refractivity contribution in [1.82, 2.24) is 10.2 Å². The SMILES string of the molecule is O=C(NCCN1CCOCC1)C(F)(F)C(F)(F)F. The molecule has 1 aliphatic heterocycles. The first kappa shape index (κ1) is 15.1. The van der Waals surface area contributed by atoms with Gasteiger partial charge in [-0.05, 0) is 0 Å². The fourth-order valence-corrected chi connectivity index (χ4v) is 1.39. The first-order chi connectivity index (χ1) is 8.25. The van der Waals surface area contributed by atoms with Crippen molar-refractivity contribution in [2.24, 2.45) is 0 Å². The van der Waals surface area contributed by atoms with Gasteiger partial charge < -0.3 is 10.1 Å². The molecule has 0 aromatic heterocycles. The molecule has 0 saturated carbocycles. The van der Waals surface area contributed by atoms with E-state index in [0.29, 0.717) is 26.3 Å². The predicted octanol–water partition coefficient (Wildman–Crippen LogP) is 0.632. The molecule has 0 spiro atoms. The second kappa shape index (κ2) is 5.79. The number of hydrogen-bond donors (Lipinski definition) is 1. The van der Waals surface area contributed by atoms with Gasteiger partial charge in [-0.3, -0.25) is 9.69 Å². The van der Waals surface area contributed by atoms with Crippen molar-refractivity contribution >= 4 is 5.91 Å². The molecule has 1 amide bonds. The third-order valence-electron chi connectivity index (χ3n) is 2.46. The van der Waals surface area contributed by atoms with Crippen LogP contribution in [-0.2, 0) is 9.53 Å². The maximum absolute atomic E-state index is 12.5. The molecule has 106 valence electrons. The van der Waals surface area contributed by atoms with Gasteiger partial charge in [0.05, 0.1) is 13.2 Å². The van der Waals surface area contributed by atoms with E-state index in [4.69, 9.17) is 4.74 Å². The number of rotatable bonds is 4. The molecule has 0 aliphatic carbocycles. The van der Waals surface area contributed by atoms with E-state index in [9.17, 15) is 26.7 Å². The van der Waals surface area contributed by atoms with Gasteiger partial charge in [0.15, 0.2) is 0 Å². The maximum atomic E-state index is 12.5. The Morgan fingerprint density at radius 1 is 1.17 bits per heavy atom. The molecule has 0 aromatic rings. The van der Waals surface area contributed by atoms with Crippen LogP contribution in [0.4, 0.5) is 22.0 Å². The molecule has 9 heteroatoms. The van der Waals surface area contributed by atoms with Crippen LogP contribution in [0.1, 0.15) is 0 Å². The van der Waals surface area contributed by atoms with E-state index in [1.807, 2.05) is 0 Å². The van der Waals surface area contributed by atoms with Gasteiger partial charge in [-0.2, -0.15) is 22.0 Å². The minimum absolute atomic E-state index is 0.211. The van der Waals surface area contributed by atoms with E-state index < -0.39 is 18.0 Å². The van der Waals surface area contributed by atoms with Gasteiger partial charge in [0, 0.05) is 26.2 Å². The van der Waals surface area contributed by atoms with Crippen LogP contribution in [0.25, 0.3) is 0 Å². The van der Waals surface area contributed by atoms with Gasteiger partial charge in [-0.15, -0.1) is 0 Å². The molecule has 1 fully saturated rings. The smallest absolute Gasteiger partial charge is 0.379 e. The van der Waals surface area contributed by atoms with Crippen molar-refractivity contribution in [3.8, 4) is 0 Å². The van der Waals surface area contributed by atoms with Gasteiger partial charge in [-0.25, -0.2) is 0 Å². The number of halogens is 5. The lowest BCUT2D eigenvalue weighted by atomic mass is 10.3. The van der Waals surface area contributed by atoms with Crippen molar-refractivity contribution in [2.75, 3.05) is 39.4 Å². The predicted molar refractivity (Wildman–Crippen MR) is 51.3 cm³/mol. The van der Waals surface area contributed by atoms with Crippen LogP contribution in [0.2, 0.25) is 0 Å². The fraction of sp³-hybridized carbons (Fsp3) is 0.889. The summed E-state index contributed by atoms with van der Waals surface area (Å²) in [6.45, 7) is 2.03. The normalized spacial score (nSPS) is 18.7. The summed E-state index contributed by atoms with van der Waals surface area (Å²) in [5.41, 5.74) is 0. The summed E-state index contributed by atoms with van der Waals surface area (Å²) in [5, 5.41) is 1.59. The van der Waals surface area contributed by atoms with Crippen LogP contribution < -0.4 is 5.32 Å². The first-order valence-corrected chi connectivity index (χ1v) is 5.28. The molecule has 1 heterocycles. The average Bonchev–Trinajstić information content (AvgIpc) is 2.28. The summed E-state index contributed by atoms with van der Waals surface area (Å²) in [6, 6.07) is 0. The van der Waals surface area contributed by atoms with E-state index in [2.05, 4.69) is 0 Å². The Labute approximate surface area is 100 Å². The van der Waals surface area contributed by atoms with Gasteiger partial charge in [-0.1, -0.05) is 0 Å². The number of alkyl halides is 5. The number of carbonyl (C=O) groups is 1. The molecule has 18 heavy (non-hydrogen) atoms. The number of carbonyl (C=O) groups excluding carboxylic acids is 1. The van der Waals surface area contributed by atoms with Gasteiger partial charge in [0.1, 0.15) is 0 Å². The van der Waals surface area contributed by atoms with Crippen molar-refractivity contribution in [3.05, 3.63) is 0 Å². The number of nitrogens with one attached hydrogen (secondary N) is 1. The second-order valence-corrected chi connectivity index (χ2v) is 3.78. The summed E-state index contributed by atoms with van der Waals surface area (Å²) >= 11 is 0. The number of morpholine rings is 1. The third-order valence-corrected chi connectivity index (χ3v) is 2.46. The lowest BCUT2D eigenvalue weighted by Gasteiger charge is -2.27. The summed E-state index contributed by atoms with van der Waals surface area (Å²) in [5.74, 6) is -7.67. The number of hydrogen-bond acceptors (Lipinski definition) is 3. The van der Waals surface area contributed by atoms with E-state index >= 15 is 0 Å². The molecular formula is C9H13F5N2O2. The molecule has 1 aliphatic rings. The summed E-state index contributed by atoms with van der Waals surface area (Å²) in [4.78, 5) is 12.5. The maximum Gasteiger partial charge on any atom is 0.463 e. The minimum atomic E-state index is -5.87. The van der Waals surface area contributed by atoms with Crippen LogP contribution in [-0.4, -0.2) is 62.3 Å². The standard InChI is InChI=1S/C9H13F5N2O2/c10-8(11,9(12,13)14)7(17)15-1-2-16-3-5-18-6-4-16/h1-6H2,(H,15,17). The highest BCUT2D eigenvalue weighted by molar-refractivity contribution is 5.84. The molecule has 1 saturated heterocycles. The lowest BCUT2D eigenvalue weighted by molar-refractivity contribution is -0.269. The van der Waals surface area contributed by atoms with Crippen molar-refractivity contribution in [1.29, 1.82) is 0 Å². The summed E-state index contributed by atoms with van der Waals surface area (Å²) in [7, 11) is 0. The van der Waals surface area contributed by atoms with E-state index in [-0.39, 0.29) is 13.1 Å². The number of ether oxygens (including phenoxy) is 1. The largest absolute Gasteiger partial charge is 0.463 e. The van der Waals surface area contributed by atoms with Gasteiger partial charge in [0.2, 0.25) is 0 Å². The molecule has 0 radical (unpaired) electrons. The molecular weight excluding hydrogens is 263 g/mol. The monoisotopic (exact) mass is 276 g/mol. The van der Waals surface area contributed by atoms with Crippen molar-refractivity contribution in [2.45, 2.75) is 12.1 Å². The third kappa shape index (κ3) is 3.77. The fourth-order valence-electron chi connectivity index (χ4n) is 1.39. The Kier molecular flexibility index (Phi) is 4.85. The topological polar surface area (TPSA) is 41.6 Å². The Balaban J connectivity index is 2.32. The highest BCUT2D eigenvalue weighted by Gasteiger charge is 2.63. The zero-order chi connectivity index (χ0) is 13.8. The minimum Gasteiger partial charge on any atom is -0.379 e. The average molecular weight is 276 g/mol. The quantitative estimate of drug-likeness (QED) is 0.766. The Morgan fingerprint density at radius 2 is 1.72 bits per heavy atom. The van der Waals surface area contributed by atoms with E-state index in [1.54, 1.807) is 10.2 Å². The molecule has 0 unspecified atom stereocenters. The Bertz CT molecular complexity index is 289. The second-order valence-electron chi connectivity index (χ2n) is 3.78.